The molecule has 1 amide bonds. The highest BCUT2D eigenvalue weighted by atomic mass is 16.2. The van der Waals surface area contributed by atoms with Gasteiger partial charge in [0.05, 0.1) is 5.56 Å². The maximum Gasteiger partial charge on any atom is 0.249 e. The lowest BCUT2D eigenvalue weighted by atomic mass is 10.0. The molecule has 1 aromatic heterocycles. The van der Waals surface area contributed by atoms with Gasteiger partial charge in [-0.3, -0.25) is 4.79 Å². The highest BCUT2D eigenvalue weighted by Crippen LogP contribution is 2.22. The number of hydrogen-bond acceptors (Lipinski definition) is 4. The predicted molar refractivity (Wildman–Crippen MR) is 89.7 cm³/mol. The second kappa shape index (κ2) is 7.95. The summed E-state index contributed by atoms with van der Waals surface area (Å²) in [6.45, 7) is 5.16. The van der Waals surface area contributed by atoms with Crippen LogP contribution >= 0.6 is 0 Å². The molecule has 2 aromatic rings. The van der Waals surface area contributed by atoms with Gasteiger partial charge >= 0.3 is 0 Å². The average Bonchev–Trinajstić information content (AvgIpc) is 2.61. The zero-order valence-corrected chi connectivity index (χ0v) is 13.4. The molecule has 0 spiro atoms. The monoisotopic (exact) mass is 308 g/mol. The SMILES string of the molecule is CCN(CC)C(=O)[C@@H](Nc1ncccc1C#N)c1ccccc1. The van der Waals surface area contributed by atoms with Crippen LogP contribution in [0.25, 0.3) is 0 Å². The molecule has 23 heavy (non-hydrogen) atoms. The summed E-state index contributed by atoms with van der Waals surface area (Å²) >= 11 is 0. The molecule has 0 saturated carbocycles. The Morgan fingerprint density at radius 3 is 2.52 bits per heavy atom. The number of aromatic nitrogens is 1. The van der Waals surface area contributed by atoms with E-state index in [1.54, 1.807) is 23.2 Å². The molecule has 118 valence electrons. The summed E-state index contributed by atoms with van der Waals surface area (Å²) in [6, 6.07) is 14.4. The fourth-order valence-corrected chi connectivity index (χ4v) is 2.40. The van der Waals surface area contributed by atoms with Gasteiger partial charge < -0.3 is 10.2 Å². The van der Waals surface area contributed by atoms with Gasteiger partial charge in [0.1, 0.15) is 17.9 Å². The molecule has 0 fully saturated rings. The average molecular weight is 308 g/mol. The lowest BCUT2D eigenvalue weighted by Crippen LogP contribution is -2.38. The third kappa shape index (κ3) is 3.86. The van der Waals surface area contributed by atoms with Gasteiger partial charge in [0, 0.05) is 19.3 Å². The van der Waals surface area contributed by atoms with Crippen molar-refractivity contribution in [3.05, 3.63) is 59.8 Å². The van der Waals surface area contributed by atoms with E-state index in [9.17, 15) is 10.1 Å². The van der Waals surface area contributed by atoms with E-state index in [0.717, 1.165) is 5.56 Å². The van der Waals surface area contributed by atoms with E-state index >= 15 is 0 Å². The summed E-state index contributed by atoms with van der Waals surface area (Å²) in [5.41, 5.74) is 1.26. The first-order valence-electron chi connectivity index (χ1n) is 7.66. The van der Waals surface area contributed by atoms with Gasteiger partial charge in [-0.15, -0.1) is 0 Å². The van der Waals surface area contributed by atoms with E-state index in [0.29, 0.717) is 24.5 Å². The van der Waals surface area contributed by atoms with Crippen LogP contribution in [0, 0.1) is 11.3 Å². The summed E-state index contributed by atoms with van der Waals surface area (Å²) in [5.74, 6) is 0.389. The highest BCUT2D eigenvalue weighted by molar-refractivity contribution is 5.86. The number of amides is 1. The molecule has 0 aliphatic carbocycles. The second-order valence-electron chi connectivity index (χ2n) is 5.01. The molecule has 5 nitrogen and oxygen atoms in total. The van der Waals surface area contributed by atoms with E-state index in [4.69, 9.17) is 0 Å². The molecular formula is C18H20N4O. The Morgan fingerprint density at radius 2 is 1.91 bits per heavy atom. The predicted octanol–water partition coefficient (Wildman–Crippen LogP) is 2.97. The number of carbonyl (C=O) groups is 1. The van der Waals surface area contributed by atoms with Crippen LogP contribution in [0.3, 0.4) is 0 Å². The van der Waals surface area contributed by atoms with Gasteiger partial charge in [0.15, 0.2) is 0 Å². The molecule has 2 rings (SSSR count). The molecule has 0 saturated heterocycles. The van der Waals surface area contributed by atoms with Crippen molar-refractivity contribution in [1.29, 1.82) is 5.26 Å². The van der Waals surface area contributed by atoms with Crippen LogP contribution in [0.4, 0.5) is 5.82 Å². The zero-order chi connectivity index (χ0) is 16.7. The third-order valence-corrected chi connectivity index (χ3v) is 3.66. The molecular weight excluding hydrogens is 288 g/mol. The molecule has 5 heteroatoms. The topological polar surface area (TPSA) is 69.0 Å². The van der Waals surface area contributed by atoms with E-state index in [1.165, 1.54) is 0 Å². The van der Waals surface area contributed by atoms with Gasteiger partial charge in [-0.1, -0.05) is 30.3 Å². The maximum atomic E-state index is 12.9. The van der Waals surface area contributed by atoms with E-state index in [2.05, 4.69) is 16.4 Å². The van der Waals surface area contributed by atoms with Crippen molar-refractivity contribution >= 4 is 11.7 Å². The number of likely N-dealkylation sites (N-methyl/N-ethyl adjacent to an activating group) is 1. The smallest absolute Gasteiger partial charge is 0.249 e. The molecule has 1 atom stereocenters. The van der Waals surface area contributed by atoms with Gasteiger partial charge in [0.2, 0.25) is 5.91 Å². The van der Waals surface area contributed by atoms with E-state index < -0.39 is 6.04 Å². The summed E-state index contributed by atoms with van der Waals surface area (Å²) < 4.78 is 0. The van der Waals surface area contributed by atoms with Crippen LogP contribution < -0.4 is 5.32 Å². The Labute approximate surface area is 136 Å². The molecule has 0 bridgehead atoms. The van der Waals surface area contributed by atoms with Crippen LogP contribution in [0.5, 0.6) is 0 Å². The number of anilines is 1. The molecule has 1 heterocycles. The highest BCUT2D eigenvalue weighted by Gasteiger charge is 2.25. The first-order valence-corrected chi connectivity index (χ1v) is 7.66. The fourth-order valence-electron chi connectivity index (χ4n) is 2.40. The van der Waals surface area contributed by atoms with Crippen LogP contribution in [-0.4, -0.2) is 28.9 Å². The summed E-state index contributed by atoms with van der Waals surface area (Å²) in [4.78, 5) is 18.8. The van der Waals surface area contributed by atoms with Crippen molar-refractivity contribution in [3.8, 4) is 6.07 Å². The van der Waals surface area contributed by atoms with E-state index in [1.807, 2.05) is 44.2 Å². The number of carbonyl (C=O) groups excluding carboxylic acids is 1. The quantitative estimate of drug-likeness (QED) is 0.890. The molecule has 0 aliphatic heterocycles. The summed E-state index contributed by atoms with van der Waals surface area (Å²) in [6.07, 6.45) is 1.60. The standard InChI is InChI=1S/C18H20N4O/c1-3-22(4-2)18(23)16(14-9-6-5-7-10-14)21-17-15(13-19)11-8-12-20-17/h5-12,16H,3-4H2,1-2H3,(H,20,21)/t16-/m0/s1. The fraction of sp³-hybridized carbons (Fsp3) is 0.278. The summed E-state index contributed by atoms with van der Waals surface area (Å²) in [7, 11) is 0. The second-order valence-corrected chi connectivity index (χ2v) is 5.01. The zero-order valence-electron chi connectivity index (χ0n) is 13.4. The van der Waals surface area contributed by atoms with E-state index in [-0.39, 0.29) is 5.91 Å². The summed E-state index contributed by atoms with van der Waals surface area (Å²) in [5, 5.41) is 12.4. The molecule has 0 radical (unpaired) electrons. The normalized spacial score (nSPS) is 11.3. The number of nitrogens with zero attached hydrogens (tertiary/aromatic N) is 3. The Kier molecular flexibility index (Phi) is 5.70. The van der Waals surface area contributed by atoms with Crippen molar-refractivity contribution in [2.45, 2.75) is 19.9 Å². The van der Waals surface area contributed by atoms with Crippen LogP contribution in [-0.2, 0) is 4.79 Å². The number of nitriles is 1. The third-order valence-electron chi connectivity index (χ3n) is 3.66. The van der Waals surface area contributed by atoms with Crippen molar-refractivity contribution in [1.82, 2.24) is 9.88 Å². The number of rotatable bonds is 6. The first-order chi connectivity index (χ1) is 11.2. The van der Waals surface area contributed by atoms with Crippen molar-refractivity contribution in [2.75, 3.05) is 18.4 Å². The lowest BCUT2D eigenvalue weighted by molar-refractivity contribution is -0.131. The number of benzene rings is 1. The van der Waals surface area contributed by atoms with Gasteiger partial charge in [-0.05, 0) is 31.5 Å². The van der Waals surface area contributed by atoms with Gasteiger partial charge in [-0.2, -0.15) is 5.26 Å². The number of hydrogen-bond donors (Lipinski definition) is 1. The maximum absolute atomic E-state index is 12.9. The van der Waals surface area contributed by atoms with Crippen LogP contribution in [0.2, 0.25) is 0 Å². The lowest BCUT2D eigenvalue weighted by Gasteiger charge is -2.26. The minimum absolute atomic E-state index is 0.0317. The Morgan fingerprint density at radius 1 is 1.22 bits per heavy atom. The van der Waals surface area contributed by atoms with Crippen molar-refractivity contribution < 1.29 is 4.79 Å². The molecule has 1 aromatic carbocycles. The molecule has 1 N–H and O–H groups in total. The Bertz CT molecular complexity index is 690. The number of nitrogens with one attached hydrogen (secondary N) is 1. The minimum atomic E-state index is -0.571. The Hall–Kier alpha value is -2.87. The largest absolute Gasteiger partial charge is 0.354 e. The van der Waals surface area contributed by atoms with Crippen LogP contribution in [0.15, 0.2) is 48.7 Å². The molecule has 0 unspecified atom stereocenters. The van der Waals surface area contributed by atoms with Crippen molar-refractivity contribution in [3.63, 3.8) is 0 Å². The van der Waals surface area contributed by atoms with Gasteiger partial charge in [-0.25, -0.2) is 4.98 Å². The number of pyridine rings is 1. The van der Waals surface area contributed by atoms with Crippen molar-refractivity contribution in [2.24, 2.45) is 0 Å². The minimum Gasteiger partial charge on any atom is -0.354 e. The molecule has 0 aliphatic rings. The van der Waals surface area contributed by atoms with Crippen LogP contribution in [0.1, 0.15) is 31.0 Å². The Balaban J connectivity index is 2.38. The first kappa shape index (κ1) is 16.5. The van der Waals surface area contributed by atoms with Gasteiger partial charge in [0.25, 0.3) is 0 Å².